The lowest BCUT2D eigenvalue weighted by molar-refractivity contribution is 0.570. The van der Waals surface area contributed by atoms with E-state index in [0.29, 0.717) is 0 Å². The van der Waals surface area contributed by atoms with E-state index < -0.39 is 0 Å². The molecule has 0 fully saturated rings. The van der Waals surface area contributed by atoms with Crippen molar-refractivity contribution in [2.45, 2.75) is 39.0 Å². The molecule has 1 aromatic rings. The highest BCUT2D eigenvalue weighted by Gasteiger charge is 2.19. The fraction of sp³-hybridized carbons (Fsp3) is 0.636. The Hall–Kier alpha value is -0.920. The van der Waals surface area contributed by atoms with Crippen LogP contribution < -0.4 is 5.32 Å². The van der Waals surface area contributed by atoms with Crippen molar-refractivity contribution in [1.82, 2.24) is 4.98 Å². The Morgan fingerprint density at radius 2 is 2.08 bits per heavy atom. The fourth-order valence-electron chi connectivity index (χ4n) is 1.74. The van der Waals surface area contributed by atoms with Crippen LogP contribution in [-0.2, 0) is 11.8 Å². The van der Waals surface area contributed by atoms with Crippen molar-refractivity contribution in [3.63, 3.8) is 0 Å². The van der Waals surface area contributed by atoms with Crippen LogP contribution in [0.2, 0.25) is 0 Å². The lowest BCUT2D eigenvalue weighted by atomic mass is 9.92. The molecule has 0 spiro atoms. The van der Waals surface area contributed by atoms with E-state index in [2.05, 4.69) is 37.1 Å². The highest BCUT2D eigenvalue weighted by atomic mass is 14.9. The van der Waals surface area contributed by atoms with Gasteiger partial charge in [0.05, 0.1) is 5.69 Å². The number of hydrogen-bond acceptors (Lipinski definition) is 1. The van der Waals surface area contributed by atoms with Crippen LogP contribution in [0.3, 0.4) is 0 Å². The second-order valence-electron chi connectivity index (χ2n) is 4.86. The number of hydrogen-bond donors (Lipinski definition) is 2. The first kappa shape index (κ1) is 8.67. The van der Waals surface area contributed by atoms with E-state index >= 15 is 0 Å². The van der Waals surface area contributed by atoms with Gasteiger partial charge in [0.25, 0.3) is 0 Å². The van der Waals surface area contributed by atoms with Gasteiger partial charge in [-0.3, -0.25) is 0 Å². The lowest BCUT2D eigenvalue weighted by Crippen LogP contribution is -2.11. The van der Waals surface area contributed by atoms with Crippen molar-refractivity contribution in [2.75, 3.05) is 11.9 Å². The molecule has 2 nitrogen and oxygen atoms in total. The molecule has 1 aliphatic rings. The molecular weight excluding hydrogens is 160 g/mol. The van der Waals surface area contributed by atoms with E-state index in [1.54, 1.807) is 0 Å². The summed E-state index contributed by atoms with van der Waals surface area (Å²) in [7, 11) is 0. The highest BCUT2D eigenvalue weighted by molar-refractivity contribution is 5.53. The Kier molecular flexibility index (Phi) is 1.86. The van der Waals surface area contributed by atoms with Crippen molar-refractivity contribution in [1.29, 1.82) is 0 Å². The van der Waals surface area contributed by atoms with Gasteiger partial charge in [-0.05, 0) is 18.9 Å². The largest absolute Gasteiger partial charge is 0.384 e. The van der Waals surface area contributed by atoms with Crippen molar-refractivity contribution in [2.24, 2.45) is 0 Å². The molecule has 0 aromatic carbocycles. The highest BCUT2D eigenvalue weighted by Crippen LogP contribution is 2.29. The number of fused-ring (bicyclic) bond motifs is 1. The van der Waals surface area contributed by atoms with Crippen molar-refractivity contribution >= 4 is 5.69 Å². The molecule has 0 saturated heterocycles. The number of anilines is 1. The number of nitrogens with one attached hydrogen (secondary N) is 2. The Morgan fingerprint density at radius 1 is 1.31 bits per heavy atom. The number of aryl methyl sites for hydroxylation is 1. The molecule has 13 heavy (non-hydrogen) atoms. The van der Waals surface area contributed by atoms with Crippen LogP contribution in [-0.4, -0.2) is 11.5 Å². The molecule has 0 amide bonds. The van der Waals surface area contributed by atoms with Crippen molar-refractivity contribution in [3.8, 4) is 0 Å². The Bertz CT molecular complexity index is 281. The summed E-state index contributed by atoms with van der Waals surface area (Å²) >= 11 is 0. The topological polar surface area (TPSA) is 27.8 Å². The van der Waals surface area contributed by atoms with Crippen LogP contribution in [0.4, 0.5) is 5.69 Å². The van der Waals surface area contributed by atoms with Crippen LogP contribution in [0.15, 0.2) is 6.07 Å². The first-order valence-electron chi connectivity index (χ1n) is 5.03. The van der Waals surface area contributed by atoms with Gasteiger partial charge in [-0.1, -0.05) is 20.8 Å². The molecule has 72 valence electrons. The second kappa shape index (κ2) is 2.79. The van der Waals surface area contributed by atoms with E-state index in [4.69, 9.17) is 0 Å². The van der Waals surface area contributed by atoms with Crippen LogP contribution in [0, 0.1) is 0 Å². The Balaban J connectivity index is 2.36. The predicted octanol–water partition coefficient (Wildman–Crippen LogP) is 2.67. The first-order chi connectivity index (χ1) is 6.07. The third-order valence-electron chi connectivity index (χ3n) is 2.63. The molecule has 0 radical (unpaired) electrons. The lowest BCUT2D eigenvalue weighted by Gasteiger charge is -2.15. The molecule has 0 atom stereocenters. The van der Waals surface area contributed by atoms with E-state index in [1.165, 1.54) is 29.9 Å². The second-order valence-corrected chi connectivity index (χ2v) is 4.86. The number of aromatic amines is 1. The average Bonchev–Trinajstić information content (AvgIpc) is 2.45. The van der Waals surface area contributed by atoms with Gasteiger partial charge in [-0.15, -0.1) is 0 Å². The SMILES string of the molecule is CC(C)(C)c1cc2c([nH]1)CCCN2. The van der Waals surface area contributed by atoms with Crippen molar-refractivity contribution in [3.05, 3.63) is 17.5 Å². The fourth-order valence-corrected chi connectivity index (χ4v) is 1.74. The third kappa shape index (κ3) is 1.58. The van der Waals surface area contributed by atoms with Crippen LogP contribution >= 0.6 is 0 Å². The quantitative estimate of drug-likeness (QED) is 0.628. The van der Waals surface area contributed by atoms with Gasteiger partial charge in [0.1, 0.15) is 0 Å². The molecule has 1 aliphatic heterocycles. The maximum Gasteiger partial charge on any atom is 0.0554 e. The zero-order chi connectivity index (χ0) is 9.47. The van der Waals surface area contributed by atoms with Gasteiger partial charge >= 0.3 is 0 Å². The van der Waals surface area contributed by atoms with Crippen LogP contribution in [0.1, 0.15) is 38.6 Å². The summed E-state index contributed by atoms with van der Waals surface area (Å²) in [5.41, 5.74) is 4.28. The van der Waals surface area contributed by atoms with Crippen LogP contribution in [0.25, 0.3) is 0 Å². The minimum Gasteiger partial charge on any atom is -0.384 e. The van der Waals surface area contributed by atoms with Crippen LogP contribution in [0.5, 0.6) is 0 Å². The zero-order valence-electron chi connectivity index (χ0n) is 8.70. The summed E-state index contributed by atoms with van der Waals surface area (Å²) in [6, 6.07) is 2.26. The Morgan fingerprint density at radius 3 is 2.69 bits per heavy atom. The number of rotatable bonds is 0. The van der Waals surface area contributed by atoms with E-state index in [-0.39, 0.29) is 5.41 Å². The van der Waals surface area contributed by atoms with Gasteiger partial charge < -0.3 is 10.3 Å². The van der Waals surface area contributed by atoms with E-state index in [9.17, 15) is 0 Å². The van der Waals surface area contributed by atoms with Gasteiger partial charge in [0.2, 0.25) is 0 Å². The number of H-pyrrole nitrogens is 1. The summed E-state index contributed by atoms with van der Waals surface area (Å²) in [6.45, 7) is 7.84. The maximum absolute atomic E-state index is 3.51. The first-order valence-corrected chi connectivity index (χ1v) is 5.03. The van der Waals surface area contributed by atoms with E-state index in [0.717, 1.165) is 6.54 Å². The summed E-state index contributed by atoms with van der Waals surface area (Å²) in [5, 5.41) is 3.42. The summed E-state index contributed by atoms with van der Waals surface area (Å²) in [5.74, 6) is 0. The van der Waals surface area contributed by atoms with E-state index in [1.807, 2.05) is 0 Å². The smallest absolute Gasteiger partial charge is 0.0554 e. The summed E-state index contributed by atoms with van der Waals surface area (Å²) in [4.78, 5) is 3.51. The third-order valence-corrected chi connectivity index (χ3v) is 2.63. The Labute approximate surface area is 79.7 Å². The van der Waals surface area contributed by atoms with Gasteiger partial charge in [0, 0.05) is 23.3 Å². The molecule has 0 bridgehead atoms. The van der Waals surface area contributed by atoms with Gasteiger partial charge in [-0.25, -0.2) is 0 Å². The summed E-state index contributed by atoms with van der Waals surface area (Å²) in [6.07, 6.45) is 2.44. The molecule has 2 rings (SSSR count). The predicted molar refractivity (Wildman–Crippen MR) is 56.3 cm³/mol. The van der Waals surface area contributed by atoms with Gasteiger partial charge in [-0.2, -0.15) is 0 Å². The van der Waals surface area contributed by atoms with Crippen molar-refractivity contribution < 1.29 is 0 Å². The standard InChI is InChI=1S/C11H18N2/c1-11(2,3)10-7-9-8(13-10)5-4-6-12-9/h7,12-13H,4-6H2,1-3H3. The molecule has 2 heterocycles. The summed E-state index contributed by atoms with van der Waals surface area (Å²) < 4.78 is 0. The molecule has 1 aromatic heterocycles. The minimum absolute atomic E-state index is 0.235. The molecule has 0 unspecified atom stereocenters. The molecule has 0 saturated carbocycles. The normalized spacial score (nSPS) is 16.5. The average molecular weight is 178 g/mol. The zero-order valence-corrected chi connectivity index (χ0v) is 8.70. The van der Waals surface area contributed by atoms with Gasteiger partial charge in [0.15, 0.2) is 0 Å². The minimum atomic E-state index is 0.235. The number of aromatic nitrogens is 1. The molecular formula is C11H18N2. The maximum atomic E-state index is 3.51. The monoisotopic (exact) mass is 178 g/mol. The molecule has 2 N–H and O–H groups in total. The molecule has 2 heteroatoms. The molecule has 0 aliphatic carbocycles.